The van der Waals surface area contributed by atoms with E-state index in [1.807, 2.05) is 67.6 Å². The minimum atomic E-state index is -3.63. The van der Waals surface area contributed by atoms with Crippen molar-refractivity contribution in [3.8, 4) is 17.1 Å². The van der Waals surface area contributed by atoms with Gasteiger partial charge in [-0.3, -0.25) is 14.2 Å². The minimum Gasteiger partial charge on any atom is -0.457 e. The van der Waals surface area contributed by atoms with E-state index < -0.39 is 30.9 Å². The molecule has 9 rings (SSSR count). The third-order valence-electron chi connectivity index (χ3n) is 14.4. The van der Waals surface area contributed by atoms with E-state index in [1.54, 1.807) is 42.4 Å². The second-order valence-electron chi connectivity index (χ2n) is 18.7. The zero-order chi connectivity index (χ0) is 49.9. The Morgan fingerprint density at radius 3 is 2.35 bits per heavy atom. The summed E-state index contributed by atoms with van der Waals surface area (Å²) < 4.78 is 45.7. The second-order valence-corrected chi connectivity index (χ2v) is 21.7. The molecule has 0 saturated carbocycles. The fourth-order valence-electron chi connectivity index (χ4n) is 10.8. The highest BCUT2D eigenvalue weighted by Crippen LogP contribution is 2.61. The quantitative estimate of drug-likeness (QED) is 0.0677. The third-order valence-corrected chi connectivity index (χ3v) is 17.2. The summed E-state index contributed by atoms with van der Waals surface area (Å²) in [7, 11) is -3.63. The summed E-state index contributed by atoms with van der Waals surface area (Å²) in [6.07, 6.45) is 6.98. The zero-order valence-corrected chi connectivity index (χ0v) is 43.5. The Hall–Kier alpha value is -5.38. The number of piperidine rings is 2. The summed E-state index contributed by atoms with van der Waals surface area (Å²) in [4.78, 5) is 64.8. The summed E-state index contributed by atoms with van der Waals surface area (Å²) >= 11 is 3.52. The van der Waals surface area contributed by atoms with Crippen molar-refractivity contribution in [1.82, 2.24) is 19.4 Å². The van der Waals surface area contributed by atoms with Crippen molar-refractivity contribution in [2.45, 2.75) is 122 Å². The monoisotopic (exact) mass is 1050 g/mol. The molecule has 5 aromatic rings. The number of nitrogens with one attached hydrogen (secondary N) is 1. The van der Waals surface area contributed by atoms with Crippen molar-refractivity contribution in [2.75, 3.05) is 44.7 Å². The predicted octanol–water partition coefficient (Wildman–Crippen LogP) is 10.8. The molecule has 0 bridgehead atoms. The molecule has 6 heterocycles. The maximum absolute atomic E-state index is 14.4. The van der Waals surface area contributed by atoms with Gasteiger partial charge in [0.2, 0.25) is 5.60 Å². The largest absolute Gasteiger partial charge is 0.457 e. The van der Waals surface area contributed by atoms with Crippen LogP contribution >= 0.6 is 23.5 Å². The number of hydrogen-bond donors (Lipinski definition) is 1. The number of amides is 1. The molecule has 4 aliphatic rings. The number of ether oxygens (including phenoxy) is 3. The number of esters is 2. The molecule has 2 saturated heterocycles. The van der Waals surface area contributed by atoms with Gasteiger partial charge in [0.05, 0.1) is 42.2 Å². The first kappa shape index (κ1) is 50.6. The van der Waals surface area contributed by atoms with Crippen LogP contribution in [-0.2, 0) is 64.3 Å². The molecule has 17 heteroatoms. The van der Waals surface area contributed by atoms with Gasteiger partial charge in [0, 0.05) is 52.2 Å². The lowest BCUT2D eigenvalue weighted by molar-refractivity contribution is -0.189. The fraction of sp³-hybridized carbons (Fsp3) is 0.463. The Labute approximate surface area is 423 Å². The van der Waals surface area contributed by atoms with Crippen molar-refractivity contribution < 1.29 is 42.2 Å². The Bertz CT molecular complexity index is 2910. The number of rotatable bonds is 17. The summed E-state index contributed by atoms with van der Waals surface area (Å²) in [5.74, 6) is -1.64. The van der Waals surface area contributed by atoms with E-state index in [0.717, 1.165) is 58.0 Å². The lowest BCUT2D eigenvalue weighted by Gasteiger charge is -2.39. The van der Waals surface area contributed by atoms with Crippen LogP contribution in [-0.4, -0.2) is 82.8 Å². The van der Waals surface area contributed by atoms with Crippen molar-refractivity contribution >= 4 is 58.1 Å². The highest BCUT2D eigenvalue weighted by Gasteiger charge is 2.50. The van der Waals surface area contributed by atoms with Crippen LogP contribution in [0.3, 0.4) is 0 Å². The molecule has 15 nitrogen and oxygen atoms in total. The summed E-state index contributed by atoms with van der Waals surface area (Å²) in [6.45, 7) is 11.4. The van der Waals surface area contributed by atoms with E-state index in [1.165, 1.54) is 19.3 Å². The number of benzene rings is 3. The molecule has 376 valence electrons. The van der Waals surface area contributed by atoms with Gasteiger partial charge in [-0.2, -0.15) is 0 Å². The van der Waals surface area contributed by atoms with Crippen molar-refractivity contribution in [1.29, 1.82) is 0 Å². The van der Waals surface area contributed by atoms with Gasteiger partial charge in [0.25, 0.3) is 5.56 Å². The average Bonchev–Trinajstić information content (AvgIpc) is 3.75. The first-order valence-electron chi connectivity index (χ1n) is 25.2. The van der Waals surface area contributed by atoms with Crippen LogP contribution in [0.1, 0.15) is 118 Å². The average molecular weight is 1050 g/mol. The molecule has 0 radical (unpaired) electrons. The number of hydrogen-bond acceptors (Lipinski definition) is 13. The van der Waals surface area contributed by atoms with Gasteiger partial charge in [0.15, 0.2) is 5.78 Å². The van der Waals surface area contributed by atoms with E-state index in [9.17, 15) is 23.7 Å². The third kappa shape index (κ3) is 10.3. The Balaban J connectivity index is 0.884. The number of anilines is 1. The van der Waals surface area contributed by atoms with E-state index in [4.69, 9.17) is 28.2 Å². The number of nitrogens with zero attached hydrogens (tertiary/aromatic N) is 4. The first-order chi connectivity index (χ1) is 34.4. The van der Waals surface area contributed by atoms with E-state index in [2.05, 4.69) is 26.1 Å². The van der Waals surface area contributed by atoms with Crippen LogP contribution in [0.15, 0.2) is 82.1 Å². The van der Waals surface area contributed by atoms with E-state index in [0.29, 0.717) is 72.3 Å². The number of pyridine rings is 2. The fourth-order valence-corrected chi connectivity index (χ4v) is 13.1. The maximum atomic E-state index is 14.4. The van der Waals surface area contributed by atoms with Gasteiger partial charge in [-0.1, -0.05) is 60.5 Å². The normalized spacial score (nSPS) is 18.6. The zero-order valence-electron chi connectivity index (χ0n) is 41.0. The van der Waals surface area contributed by atoms with Crippen LogP contribution in [0.25, 0.3) is 22.3 Å². The summed E-state index contributed by atoms with van der Waals surface area (Å²) in [6, 6.07) is 22.9. The summed E-state index contributed by atoms with van der Waals surface area (Å²) in [5.41, 5.74) is 4.51. The van der Waals surface area contributed by atoms with Gasteiger partial charge in [-0.25, -0.2) is 14.6 Å². The van der Waals surface area contributed by atoms with Crippen molar-refractivity contribution in [3.05, 3.63) is 121 Å². The molecule has 2 atom stereocenters. The van der Waals surface area contributed by atoms with Crippen molar-refractivity contribution in [2.24, 2.45) is 0 Å². The standard InChI is InChI=1S/C54H63BrN5O10P/c1-5-41-42-31-40(69-53(64)59-28-24-39(25-29-59)58-26-10-9-11-27-58)22-23-46(42)57-49-43(41)33-60-47(49)32-45-44(51(60)62)34-66-52(63)54(45,6-2)70-48(61)17-12-14-35-18-20-38(21-19-35)56-50(36-15-13-16-37(55)30-36)71(65,67-7-3)68-8-4/h13,15-16,18-23,30-32,39,50,56H,5-12,14,17,24-29,33-34H2,1-4H3. The number of carbonyl (C=O) groups is 3. The van der Waals surface area contributed by atoms with E-state index >= 15 is 0 Å². The van der Waals surface area contributed by atoms with Gasteiger partial charge < -0.3 is 42.9 Å². The summed E-state index contributed by atoms with van der Waals surface area (Å²) in [5, 5.41) is 4.21. The van der Waals surface area contributed by atoms with Crippen LogP contribution in [0.4, 0.5) is 10.5 Å². The molecule has 2 fully saturated rings. The predicted molar refractivity (Wildman–Crippen MR) is 275 cm³/mol. The minimum absolute atomic E-state index is 0.00984. The molecule has 4 aliphatic heterocycles. The Morgan fingerprint density at radius 1 is 0.915 bits per heavy atom. The molecule has 1 N–H and O–H groups in total. The molecule has 1 amide bonds. The number of aromatic nitrogens is 2. The van der Waals surface area contributed by atoms with Crippen LogP contribution in [0.5, 0.6) is 5.75 Å². The van der Waals surface area contributed by atoms with Gasteiger partial charge in [-0.05, 0) is 144 Å². The van der Waals surface area contributed by atoms with Crippen LogP contribution < -0.4 is 15.6 Å². The number of aryl methyl sites for hydroxylation is 2. The van der Waals surface area contributed by atoms with E-state index in [-0.39, 0.29) is 56.4 Å². The Morgan fingerprint density at radius 2 is 1.66 bits per heavy atom. The lowest BCUT2D eigenvalue weighted by Crippen LogP contribution is -2.48. The number of likely N-dealkylation sites (tertiary alicyclic amines) is 2. The first-order valence-corrected chi connectivity index (χ1v) is 27.6. The highest BCUT2D eigenvalue weighted by molar-refractivity contribution is 9.10. The van der Waals surface area contributed by atoms with Crippen LogP contribution in [0, 0.1) is 0 Å². The number of carbonyl (C=O) groups excluding carboxylic acids is 3. The Kier molecular flexibility index (Phi) is 15.5. The smallest absolute Gasteiger partial charge is 0.415 e. The molecule has 2 aromatic heterocycles. The lowest BCUT2D eigenvalue weighted by atomic mass is 9.85. The molecule has 0 spiro atoms. The SMILES string of the molecule is CCOP(=O)(OCC)C(Nc1ccc(CCCC(=O)OC2(CC)C(=O)OCc3c2cc2n(c3=O)Cc3c-2nc2ccc(OC(=O)N4CCC(N5CCCCC5)CC4)cc2c3CC)cc1)c1cccc(Br)c1. The topological polar surface area (TPSA) is 168 Å². The van der Waals surface area contributed by atoms with Crippen LogP contribution in [0.2, 0.25) is 0 Å². The maximum Gasteiger partial charge on any atom is 0.415 e. The molecule has 0 aliphatic carbocycles. The molecular formula is C54H63BrN5O10P. The molecule has 2 unspecified atom stereocenters. The van der Waals surface area contributed by atoms with Gasteiger partial charge in [0.1, 0.15) is 12.4 Å². The molecule has 3 aromatic carbocycles. The van der Waals surface area contributed by atoms with Gasteiger partial charge in [-0.15, -0.1) is 0 Å². The number of fused-ring (bicyclic) bond motifs is 5. The molecule has 71 heavy (non-hydrogen) atoms. The number of halogens is 1. The van der Waals surface area contributed by atoms with Gasteiger partial charge >= 0.3 is 25.6 Å². The number of cyclic esters (lactones) is 1. The molecular weight excluding hydrogens is 989 g/mol. The highest BCUT2D eigenvalue weighted by atomic mass is 79.9. The second kappa shape index (κ2) is 21.8. The van der Waals surface area contributed by atoms with Crippen molar-refractivity contribution in [3.63, 3.8) is 0 Å².